The summed E-state index contributed by atoms with van der Waals surface area (Å²) in [7, 11) is 1.50. The smallest absolute Gasteiger partial charge is 0.293 e. The molecule has 23 heavy (non-hydrogen) atoms. The number of aromatic nitrogens is 1. The van der Waals surface area contributed by atoms with Crippen LogP contribution in [-0.2, 0) is 13.5 Å². The quantitative estimate of drug-likeness (QED) is 0.811. The summed E-state index contributed by atoms with van der Waals surface area (Å²) in [4.78, 5) is 23.6. The second-order valence-corrected chi connectivity index (χ2v) is 5.87. The number of rotatable bonds is 5. The van der Waals surface area contributed by atoms with E-state index in [0.717, 1.165) is 5.56 Å². The average Bonchev–Trinajstić information content (AvgIpc) is 2.51. The van der Waals surface area contributed by atoms with Crippen LogP contribution in [0, 0.1) is 0 Å². The maximum absolute atomic E-state index is 12.0. The number of aromatic hydroxyl groups is 1. The van der Waals surface area contributed by atoms with Gasteiger partial charge >= 0.3 is 0 Å². The van der Waals surface area contributed by atoms with Crippen molar-refractivity contribution in [3.05, 3.63) is 62.0 Å². The molecule has 2 N–H and O–H groups in total. The number of halogens is 2. The topological polar surface area (TPSA) is 71.3 Å². The van der Waals surface area contributed by atoms with Crippen LogP contribution in [0.4, 0.5) is 0 Å². The maximum Gasteiger partial charge on any atom is 0.293 e. The van der Waals surface area contributed by atoms with E-state index in [1.54, 1.807) is 18.2 Å². The number of carbonyl (C=O) groups is 1. The second-order valence-electron chi connectivity index (χ2n) is 5.05. The van der Waals surface area contributed by atoms with Gasteiger partial charge in [0.05, 0.1) is 5.56 Å². The van der Waals surface area contributed by atoms with Gasteiger partial charge in [-0.05, 0) is 36.6 Å². The fourth-order valence-electron chi connectivity index (χ4n) is 2.13. The van der Waals surface area contributed by atoms with Gasteiger partial charge in [-0.2, -0.15) is 0 Å². The fraction of sp³-hybridized carbons (Fsp3) is 0.250. The molecule has 0 spiro atoms. The Morgan fingerprint density at radius 3 is 2.57 bits per heavy atom. The molecule has 2 aromatic rings. The van der Waals surface area contributed by atoms with Crippen molar-refractivity contribution in [3.8, 4) is 5.75 Å². The number of hydrogen-bond acceptors (Lipinski definition) is 3. The van der Waals surface area contributed by atoms with Crippen LogP contribution in [0.15, 0.2) is 35.3 Å². The van der Waals surface area contributed by atoms with Gasteiger partial charge in [0, 0.05) is 29.8 Å². The standard InChI is InChI=1S/C16H16Cl2N2O3/c1-20-9-7-11(14(21)16(20)23)15(22)19-8-3-4-10-12(17)5-2-6-13(10)18/h2,5-7,9,21H,3-4,8H2,1H3,(H,19,22). The third-order valence-corrected chi connectivity index (χ3v) is 4.15. The van der Waals surface area contributed by atoms with E-state index in [2.05, 4.69) is 5.32 Å². The van der Waals surface area contributed by atoms with Crippen molar-refractivity contribution in [1.82, 2.24) is 9.88 Å². The van der Waals surface area contributed by atoms with Crippen molar-refractivity contribution >= 4 is 29.1 Å². The van der Waals surface area contributed by atoms with Crippen molar-refractivity contribution < 1.29 is 9.90 Å². The molecule has 1 heterocycles. The minimum atomic E-state index is -0.611. The zero-order valence-corrected chi connectivity index (χ0v) is 14.0. The molecule has 122 valence electrons. The van der Waals surface area contributed by atoms with Crippen LogP contribution in [0.1, 0.15) is 22.3 Å². The Morgan fingerprint density at radius 2 is 1.91 bits per heavy atom. The number of aryl methyl sites for hydroxylation is 1. The Kier molecular flexibility index (Phi) is 5.69. The van der Waals surface area contributed by atoms with Crippen molar-refractivity contribution in [3.63, 3.8) is 0 Å². The van der Waals surface area contributed by atoms with Crippen LogP contribution in [0.3, 0.4) is 0 Å². The van der Waals surface area contributed by atoms with Gasteiger partial charge in [-0.3, -0.25) is 9.59 Å². The highest BCUT2D eigenvalue weighted by atomic mass is 35.5. The number of carbonyl (C=O) groups excluding carboxylic acids is 1. The summed E-state index contributed by atoms with van der Waals surface area (Å²) < 4.78 is 1.20. The Balaban J connectivity index is 1.93. The number of hydrogen-bond donors (Lipinski definition) is 2. The summed E-state index contributed by atoms with van der Waals surface area (Å²) in [6.07, 6.45) is 2.67. The Hall–Kier alpha value is -1.98. The van der Waals surface area contributed by atoms with Gasteiger partial charge < -0.3 is 15.0 Å². The third kappa shape index (κ3) is 4.06. The monoisotopic (exact) mass is 354 g/mol. The molecule has 0 aliphatic rings. The minimum Gasteiger partial charge on any atom is -0.502 e. The first-order valence-corrected chi connectivity index (χ1v) is 7.77. The second kappa shape index (κ2) is 7.53. The molecular weight excluding hydrogens is 339 g/mol. The first-order chi connectivity index (χ1) is 10.9. The van der Waals surface area contributed by atoms with Crippen LogP contribution in [-0.4, -0.2) is 22.1 Å². The molecule has 1 aromatic heterocycles. The Labute approximate surface area is 143 Å². The van der Waals surface area contributed by atoms with Gasteiger partial charge in [0.15, 0.2) is 5.75 Å². The Bertz CT molecular complexity index is 767. The molecule has 0 bridgehead atoms. The summed E-state index contributed by atoms with van der Waals surface area (Å²) >= 11 is 12.2. The highest BCUT2D eigenvalue weighted by molar-refractivity contribution is 6.35. The molecule has 0 aliphatic carbocycles. The van der Waals surface area contributed by atoms with Crippen LogP contribution in [0.5, 0.6) is 5.75 Å². The van der Waals surface area contributed by atoms with Crippen LogP contribution in [0.2, 0.25) is 10.0 Å². The lowest BCUT2D eigenvalue weighted by atomic mass is 10.1. The lowest BCUT2D eigenvalue weighted by molar-refractivity contribution is 0.0950. The van der Waals surface area contributed by atoms with E-state index in [4.69, 9.17) is 23.2 Å². The number of nitrogens with zero attached hydrogens (tertiary/aromatic N) is 1. The highest BCUT2D eigenvalue weighted by Crippen LogP contribution is 2.25. The van der Waals surface area contributed by atoms with Gasteiger partial charge in [-0.1, -0.05) is 29.3 Å². The molecule has 0 atom stereocenters. The van der Waals surface area contributed by atoms with Crippen molar-refractivity contribution in [1.29, 1.82) is 0 Å². The van der Waals surface area contributed by atoms with Gasteiger partial charge in [-0.25, -0.2) is 0 Å². The van der Waals surface area contributed by atoms with E-state index >= 15 is 0 Å². The van der Waals surface area contributed by atoms with E-state index in [1.165, 1.54) is 23.9 Å². The lowest BCUT2D eigenvalue weighted by Crippen LogP contribution is -2.27. The summed E-state index contributed by atoms with van der Waals surface area (Å²) in [5.74, 6) is -1.05. The molecule has 0 aliphatic heterocycles. The molecule has 0 saturated carbocycles. The third-order valence-electron chi connectivity index (χ3n) is 3.44. The molecule has 1 amide bonds. The zero-order chi connectivity index (χ0) is 17.0. The molecule has 0 radical (unpaired) electrons. The molecule has 1 aromatic carbocycles. The van der Waals surface area contributed by atoms with E-state index < -0.39 is 17.2 Å². The molecule has 2 rings (SSSR count). The van der Waals surface area contributed by atoms with Crippen molar-refractivity contribution in [2.24, 2.45) is 7.05 Å². The number of nitrogens with one attached hydrogen (secondary N) is 1. The van der Waals surface area contributed by atoms with Gasteiger partial charge in [0.2, 0.25) is 0 Å². The molecule has 0 fully saturated rings. The summed E-state index contributed by atoms with van der Waals surface area (Å²) in [5.41, 5.74) is 0.186. The van der Waals surface area contributed by atoms with Crippen molar-refractivity contribution in [2.45, 2.75) is 12.8 Å². The predicted molar refractivity (Wildman–Crippen MR) is 90.5 cm³/mol. The van der Waals surface area contributed by atoms with E-state index in [-0.39, 0.29) is 5.56 Å². The molecule has 7 heteroatoms. The van der Waals surface area contributed by atoms with Crippen molar-refractivity contribution in [2.75, 3.05) is 6.54 Å². The lowest BCUT2D eigenvalue weighted by Gasteiger charge is -2.09. The normalized spacial score (nSPS) is 10.6. The summed E-state index contributed by atoms with van der Waals surface area (Å²) in [6.45, 7) is 0.370. The molecular formula is C16H16Cl2N2O3. The minimum absolute atomic E-state index is 0.0381. The Morgan fingerprint density at radius 1 is 1.26 bits per heavy atom. The SMILES string of the molecule is Cn1ccc(C(=O)NCCCc2c(Cl)cccc2Cl)c(O)c1=O. The number of benzene rings is 1. The molecule has 0 saturated heterocycles. The zero-order valence-electron chi connectivity index (χ0n) is 12.5. The fourth-order valence-corrected chi connectivity index (χ4v) is 2.72. The van der Waals surface area contributed by atoms with Crippen LogP contribution >= 0.6 is 23.2 Å². The molecule has 5 nitrogen and oxygen atoms in total. The van der Waals surface area contributed by atoms with Crippen LogP contribution in [0.25, 0.3) is 0 Å². The average molecular weight is 355 g/mol. The largest absolute Gasteiger partial charge is 0.502 e. The first-order valence-electron chi connectivity index (χ1n) is 7.01. The summed E-state index contributed by atoms with van der Waals surface area (Å²) in [6, 6.07) is 6.70. The van der Waals surface area contributed by atoms with E-state index in [9.17, 15) is 14.7 Å². The highest BCUT2D eigenvalue weighted by Gasteiger charge is 2.14. The van der Waals surface area contributed by atoms with Gasteiger partial charge in [0.25, 0.3) is 11.5 Å². The molecule has 0 unspecified atom stereocenters. The van der Waals surface area contributed by atoms with E-state index in [0.29, 0.717) is 29.4 Å². The number of amides is 1. The first kappa shape index (κ1) is 17.4. The predicted octanol–water partition coefficient (Wildman–Crippen LogP) is 2.76. The maximum atomic E-state index is 12.0. The van der Waals surface area contributed by atoms with Crippen LogP contribution < -0.4 is 10.9 Å². The summed E-state index contributed by atoms with van der Waals surface area (Å²) in [5, 5.41) is 13.6. The van der Waals surface area contributed by atoms with Gasteiger partial charge in [-0.15, -0.1) is 0 Å². The van der Waals surface area contributed by atoms with E-state index in [1.807, 2.05) is 0 Å². The number of pyridine rings is 1. The van der Waals surface area contributed by atoms with Gasteiger partial charge in [0.1, 0.15) is 0 Å².